The lowest BCUT2D eigenvalue weighted by Crippen LogP contribution is -2.17. The third-order valence-corrected chi connectivity index (χ3v) is 4.55. The first-order chi connectivity index (χ1) is 11.7. The molecule has 0 aliphatic carbocycles. The maximum Gasteiger partial charge on any atom is 0.230 e. The number of carbonyl (C=O) groups excluding carboxylic acids is 1. The average molecular weight is 389 g/mol. The molecule has 0 bridgehead atoms. The lowest BCUT2D eigenvalue weighted by atomic mass is 9.98. The number of carbonyl (C=O) groups is 1. The summed E-state index contributed by atoms with van der Waals surface area (Å²) >= 11 is 3.43. The molecule has 0 radical (unpaired) electrons. The Kier molecular flexibility index (Phi) is 4.85. The topological polar surface area (TPSA) is 51.1 Å². The van der Waals surface area contributed by atoms with Crippen LogP contribution in [0.3, 0.4) is 0 Å². The predicted octanol–water partition coefficient (Wildman–Crippen LogP) is 3.77. The molecule has 1 atom stereocenters. The third-order valence-electron chi connectivity index (χ3n) is 4.02. The number of ether oxygens (including phenoxy) is 2. The molecule has 0 N–H and O–H groups in total. The van der Waals surface area contributed by atoms with Gasteiger partial charge in [-0.25, -0.2) is 5.01 Å². The minimum atomic E-state index is -0.152. The van der Waals surface area contributed by atoms with E-state index in [-0.39, 0.29) is 6.04 Å². The van der Waals surface area contributed by atoms with Crippen molar-refractivity contribution in [3.05, 3.63) is 58.1 Å². The fourth-order valence-corrected chi connectivity index (χ4v) is 3.04. The number of amides is 1. The van der Waals surface area contributed by atoms with E-state index in [9.17, 15) is 4.79 Å². The summed E-state index contributed by atoms with van der Waals surface area (Å²) in [7, 11) is 3.19. The monoisotopic (exact) mass is 388 g/mol. The van der Waals surface area contributed by atoms with Crippen LogP contribution in [0.15, 0.2) is 52.0 Å². The molecule has 6 heteroatoms. The van der Waals surface area contributed by atoms with Gasteiger partial charge in [0.25, 0.3) is 0 Å². The van der Waals surface area contributed by atoms with Gasteiger partial charge in [0.1, 0.15) is 0 Å². The first kappa shape index (κ1) is 16.5. The van der Waals surface area contributed by atoms with Gasteiger partial charge in [0.05, 0.1) is 26.0 Å². The number of hydrazone groups is 1. The average Bonchev–Trinajstić information content (AvgIpc) is 3.06. The highest BCUT2D eigenvalue weighted by atomic mass is 79.9. The second kappa shape index (κ2) is 7.05. The first-order valence-electron chi connectivity index (χ1n) is 7.45. The number of rotatable bonds is 5. The van der Waals surface area contributed by atoms with Crippen LogP contribution in [0.4, 0.5) is 0 Å². The number of halogens is 1. The van der Waals surface area contributed by atoms with Crippen LogP contribution in [-0.4, -0.2) is 31.4 Å². The highest BCUT2D eigenvalue weighted by Gasteiger charge is 2.29. The maximum atomic E-state index is 11.5. The van der Waals surface area contributed by atoms with Crippen molar-refractivity contribution in [2.45, 2.75) is 12.5 Å². The molecule has 24 heavy (non-hydrogen) atoms. The number of hydrogen-bond acceptors (Lipinski definition) is 4. The number of nitrogens with zero attached hydrogens (tertiary/aromatic N) is 2. The van der Waals surface area contributed by atoms with Gasteiger partial charge >= 0.3 is 0 Å². The van der Waals surface area contributed by atoms with Crippen molar-refractivity contribution in [2.75, 3.05) is 14.2 Å². The summed E-state index contributed by atoms with van der Waals surface area (Å²) in [5.41, 5.74) is 2.85. The maximum absolute atomic E-state index is 11.5. The van der Waals surface area contributed by atoms with E-state index in [1.165, 1.54) is 5.01 Å². The van der Waals surface area contributed by atoms with Crippen LogP contribution in [0.2, 0.25) is 0 Å². The molecule has 5 nitrogen and oxygen atoms in total. The predicted molar refractivity (Wildman–Crippen MR) is 95.5 cm³/mol. The Hall–Kier alpha value is -2.34. The van der Waals surface area contributed by atoms with Gasteiger partial charge in [0.2, 0.25) is 6.41 Å². The van der Waals surface area contributed by atoms with Gasteiger partial charge in [0.15, 0.2) is 11.5 Å². The molecule has 1 aliphatic rings. The molecule has 0 spiro atoms. The Morgan fingerprint density at radius 3 is 2.46 bits per heavy atom. The molecule has 1 amide bonds. The van der Waals surface area contributed by atoms with E-state index >= 15 is 0 Å². The molecule has 3 rings (SSSR count). The Bertz CT molecular complexity index is 774. The van der Waals surface area contributed by atoms with Gasteiger partial charge in [-0.1, -0.05) is 34.1 Å². The van der Waals surface area contributed by atoms with Gasteiger partial charge in [0, 0.05) is 10.9 Å². The van der Waals surface area contributed by atoms with Gasteiger partial charge in [-0.3, -0.25) is 4.79 Å². The summed E-state index contributed by atoms with van der Waals surface area (Å²) in [6.07, 6.45) is 1.41. The van der Waals surface area contributed by atoms with Crippen LogP contribution in [0.25, 0.3) is 0 Å². The Balaban J connectivity index is 1.90. The van der Waals surface area contributed by atoms with Crippen molar-refractivity contribution in [1.82, 2.24) is 5.01 Å². The second-order valence-corrected chi connectivity index (χ2v) is 6.29. The molecular formula is C18H17BrN2O3. The number of benzene rings is 2. The fraction of sp³-hybridized carbons (Fsp3) is 0.222. The van der Waals surface area contributed by atoms with E-state index in [1.807, 2.05) is 42.5 Å². The van der Waals surface area contributed by atoms with Crippen LogP contribution in [0.5, 0.6) is 11.5 Å². The Morgan fingerprint density at radius 1 is 1.12 bits per heavy atom. The summed E-state index contributed by atoms with van der Waals surface area (Å²) in [5, 5.41) is 5.91. The van der Waals surface area contributed by atoms with Crippen LogP contribution in [-0.2, 0) is 4.79 Å². The molecule has 1 heterocycles. The van der Waals surface area contributed by atoms with Crippen molar-refractivity contribution >= 4 is 28.1 Å². The normalized spacial score (nSPS) is 16.7. The molecular weight excluding hydrogens is 372 g/mol. The summed E-state index contributed by atoms with van der Waals surface area (Å²) < 4.78 is 11.6. The number of hydrogen-bond donors (Lipinski definition) is 0. The summed E-state index contributed by atoms with van der Waals surface area (Å²) in [6.45, 7) is 0. The van der Waals surface area contributed by atoms with E-state index in [1.54, 1.807) is 14.2 Å². The molecule has 2 aromatic carbocycles. The Morgan fingerprint density at radius 2 is 1.83 bits per heavy atom. The van der Waals surface area contributed by atoms with Crippen molar-refractivity contribution in [3.63, 3.8) is 0 Å². The molecule has 0 fully saturated rings. The molecule has 2 aromatic rings. The van der Waals surface area contributed by atoms with Crippen molar-refractivity contribution in [3.8, 4) is 11.5 Å². The van der Waals surface area contributed by atoms with Gasteiger partial charge in [-0.2, -0.15) is 5.10 Å². The fourth-order valence-electron chi connectivity index (χ4n) is 2.77. The van der Waals surface area contributed by atoms with Crippen molar-refractivity contribution in [1.29, 1.82) is 0 Å². The molecule has 0 aromatic heterocycles. The van der Waals surface area contributed by atoms with Gasteiger partial charge < -0.3 is 9.47 Å². The first-order valence-corrected chi connectivity index (χ1v) is 8.24. The largest absolute Gasteiger partial charge is 0.493 e. The zero-order chi connectivity index (χ0) is 17.1. The van der Waals surface area contributed by atoms with Crippen molar-refractivity contribution < 1.29 is 14.3 Å². The van der Waals surface area contributed by atoms with E-state index in [4.69, 9.17) is 9.47 Å². The molecule has 0 saturated carbocycles. The SMILES string of the molecule is COc1ccc(C2CC(c3ccc(Br)cc3)=NN2C=O)cc1OC. The van der Waals surface area contributed by atoms with E-state index in [0.29, 0.717) is 17.9 Å². The molecule has 1 unspecified atom stereocenters. The summed E-state index contributed by atoms with van der Waals surface area (Å²) in [5.74, 6) is 1.30. The Labute approximate surface area is 149 Å². The second-order valence-electron chi connectivity index (χ2n) is 5.37. The highest BCUT2D eigenvalue weighted by molar-refractivity contribution is 9.10. The van der Waals surface area contributed by atoms with E-state index in [0.717, 1.165) is 27.7 Å². The minimum absolute atomic E-state index is 0.152. The standard InChI is InChI=1S/C18H17BrN2O3/c1-23-17-8-5-13(9-18(17)24-2)16-10-15(20-21(16)11-22)12-3-6-14(19)7-4-12/h3-9,11,16H,10H2,1-2H3. The quantitative estimate of drug-likeness (QED) is 0.732. The van der Waals surface area contributed by atoms with Gasteiger partial charge in [-0.05, 0) is 35.4 Å². The van der Waals surface area contributed by atoms with E-state index in [2.05, 4.69) is 21.0 Å². The van der Waals surface area contributed by atoms with Crippen LogP contribution in [0.1, 0.15) is 23.6 Å². The molecule has 1 aliphatic heterocycles. The zero-order valence-corrected chi connectivity index (χ0v) is 15.0. The van der Waals surface area contributed by atoms with Crippen LogP contribution < -0.4 is 9.47 Å². The van der Waals surface area contributed by atoms with Crippen LogP contribution in [0, 0.1) is 0 Å². The third kappa shape index (κ3) is 3.14. The minimum Gasteiger partial charge on any atom is -0.493 e. The summed E-state index contributed by atoms with van der Waals surface area (Å²) in [4.78, 5) is 11.5. The van der Waals surface area contributed by atoms with Gasteiger partial charge in [-0.15, -0.1) is 0 Å². The number of methoxy groups -OCH3 is 2. The molecule has 124 valence electrons. The lowest BCUT2D eigenvalue weighted by Gasteiger charge is -2.19. The highest BCUT2D eigenvalue weighted by Crippen LogP contribution is 2.36. The summed E-state index contributed by atoms with van der Waals surface area (Å²) in [6, 6.07) is 13.4. The molecule has 0 saturated heterocycles. The zero-order valence-electron chi connectivity index (χ0n) is 13.4. The van der Waals surface area contributed by atoms with Crippen LogP contribution >= 0.6 is 15.9 Å². The van der Waals surface area contributed by atoms with E-state index < -0.39 is 0 Å². The lowest BCUT2D eigenvalue weighted by molar-refractivity contribution is -0.119. The van der Waals surface area contributed by atoms with Crippen molar-refractivity contribution in [2.24, 2.45) is 5.10 Å². The smallest absolute Gasteiger partial charge is 0.230 e.